The van der Waals surface area contributed by atoms with Crippen molar-refractivity contribution in [3.8, 4) is 0 Å². The number of ether oxygens (including phenoxy) is 1. The van der Waals surface area contributed by atoms with E-state index in [1.807, 2.05) is 0 Å². The first-order chi connectivity index (χ1) is 7.20. The van der Waals surface area contributed by atoms with Gasteiger partial charge < -0.3 is 15.4 Å². The van der Waals surface area contributed by atoms with E-state index in [9.17, 15) is 0 Å². The van der Waals surface area contributed by atoms with Crippen LogP contribution in [-0.4, -0.2) is 54.8 Å². The molecule has 4 heteroatoms. The summed E-state index contributed by atoms with van der Waals surface area (Å²) >= 11 is 2.06. The number of nitrogens with zero attached hydrogens (tertiary/aromatic N) is 1. The maximum atomic E-state index is 6.40. The van der Waals surface area contributed by atoms with Crippen LogP contribution in [0.25, 0.3) is 0 Å². The number of nitrogens with two attached hydrogens (primary N) is 1. The molecule has 0 aromatic heterocycles. The maximum Gasteiger partial charge on any atom is 0.0484 e. The van der Waals surface area contributed by atoms with E-state index < -0.39 is 0 Å². The molecule has 2 saturated heterocycles. The fraction of sp³-hybridized carbons (Fsp3) is 1.00. The average molecular weight is 230 g/mol. The summed E-state index contributed by atoms with van der Waals surface area (Å²) < 4.78 is 5.37. The Bertz CT molecular complexity index is 201. The minimum absolute atomic E-state index is 0.000255. The van der Waals surface area contributed by atoms with Crippen molar-refractivity contribution in [3.63, 3.8) is 0 Å². The Hall–Kier alpha value is 0.230. The van der Waals surface area contributed by atoms with E-state index in [0.29, 0.717) is 0 Å². The predicted molar refractivity (Wildman–Crippen MR) is 65.3 cm³/mol. The van der Waals surface area contributed by atoms with E-state index in [4.69, 9.17) is 10.5 Å². The first kappa shape index (κ1) is 11.7. The topological polar surface area (TPSA) is 38.5 Å². The monoisotopic (exact) mass is 230 g/mol. The standard InChI is InChI=1S/C11H22N2OS/c1-13(10-2-7-15-8-10)9-11(12)3-5-14-6-4-11/h10H,2-9,12H2,1H3. The van der Waals surface area contributed by atoms with Crippen LogP contribution in [-0.2, 0) is 4.74 Å². The van der Waals surface area contributed by atoms with Gasteiger partial charge in [0.15, 0.2) is 0 Å². The minimum Gasteiger partial charge on any atom is -0.381 e. The van der Waals surface area contributed by atoms with Gasteiger partial charge in [0.1, 0.15) is 0 Å². The van der Waals surface area contributed by atoms with Crippen LogP contribution in [0.2, 0.25) is 0 Å². The molecule has 2 aliphatic heterocycles. The van der Waals surface area contributed by atoms with Crippen LogP contribution in [0.5, 0.6) is 0 Å². The van der Waals surface area contributed by atoms with Gasteiger partial charge in [-0.05, 0) is 32.1 Å². The molecule has 2 N–H and O–H groups in total. The lowest BCUT2D eigenvalue weighted by atomic mass is 9.90. The predicted octanol–water partition coefficient (Wildman–Crippen LogP) is 0.932. The van der Waals surface area contributed by atoms with Crippen molar-refractivity contribution in [3.05, 3.63) is 0 Å². The number of thioether (sulfide) groups is 1. The molecule has 15 heavy (non-hydrogen) atoms. The van der Waals surface area contributed by atoms with Crippen LogP contribution in [0.4, 0.5) is 0 Å². The van der Waals surface area contributed by atoms with Crippen molar-refractivity contribution >= 4 is 11.8 Å². The molecule has 0 spiro atoms. The highest BCUT2D eigenvalue weighted by Gasteiger charge is 2.32. The Morgan fingerprint density at radius 1 is 1.47 bits per heavy atom. The molecule has 0 aromatic carbocycles. The zero-order valence-corrected chi connectivity index (χ0v) is 10.4. The minimum atomic E-state index is 0.000255. The molecule has 0 aliphatic carbocycles. The summed E-state index contributed by atoms with van der Waals surface area (Å²) in [5.74, 6) is 2.60. The summed E-state index contributed by atoms with van der Waals surface area (Å²) in [4.78, 5) is 2.46. The van der Waals surface area contributed by atoms with Crippen LogP contribution in [0, 0.1) is 0 Å². The molecule has 2 fully saturated rings. The third kappa shape index (κ3) is 3.09. The van der Waals surface area contributed by atoms with Crippen LogP contribution >= 0.6 is 11.8 Å². The van der Waals surface area contributed by atoms with E-state index in [2.05, 4.69) is 23.7 Å². The highest BCUT2D eigenvalue weighted by atomic mass is 32.2. The molecule has 0 radical (unpaired) electrons. The number of hydrogen-bond donors (Lipinski definition) is 1. The fourth-order valence-electron chi connectivity index (χ4n) is 2.43. The summed E-state index contributed by atoms with van der Waals surface area (Å²) in [6, 6.07) is 0.748. The zero-order chi connectivity index (χ0) is 10.7. The van der Waals surface area contributed by atoms with Gasteiger partial charge in [0.2, 0.25) is 0 Å². The van der Waals surface area contributed by atoms with Crippen molar-refractivity contribution < 1.29 is 4.74 Å². The number of rotatable bonds is 3. The molecular weight excluding hydrogens is 208 g/mol. The molecular formula is C11H22N2OS. The molecule has 0 amide bonds. The van der Waals surface area contributed by atoms with Crippen LogP contribution in [0.3, 0.4) is 0 Å². The SMILES string of the molecule is CN(CC1(N)CCOCC1)C1CCSC1. The van der Waals surface area contributed by atoms with Gasteiger partial charge in [-0.2, -0.15) is 11.8 Å². The van der Waals surface area contributed by atoms with Gasteiger partial charge in [-0.15, -0.1) is 0 Å². The zero-order valence-electron chi connectivity index (χ0n) is 9.58. The summed E-state index contributed by atoms with van der Waals surface area (Å²) in [6.07, 6.45) is 3.35. The second kappa shape index (κ2) is 5.04. The Labute approximate surface area is 96.7 Å². The quantitative estimate of drug-likeness (QED) is 0.783. The smallest absolute Gasteiger partial charge is 0.0484 e. The normalized spacial score (nSPS) is 31.0. The van der Waals surface area contributed by atoms with E-state index in [1.54, 1.807) is 0 Å². The largest absolute Gasteiger partial charge is 0.381 e. The lowest BCUT2D eigenvalue weighted by molar-refractivity contribution is 0.0369. The summed E-state index contributed by atoms with van der Waals surface area (Å²) in [5, 5.41) is 0. The highest BCUT2D eigenvalue weighted by molar-refractivity contribution is 7.99. The van der Waals surface area contributed by atoms with Crippen molar-refractivity contribution in [2.24, 2.45) is 5.73 Å². The van der Waals surface area contributed by atoms with Crippen molar-refractivity contribution in [2.75, 3.05) is 38.3 Å². The van der Waals surface area contributed by atoms with Gasteiger partial charge in [0.25, 0.3) is 0 Å². The van der Waals surface area contributed by atoms with Crippen molar-refractivity contribution in [2.45, 2.75) is 30.8 Å². The molecule has 0 bridgehead atoms. The van der Waals surface area contributed by atoms with E-state index in [0.717, 1.165) is 38.6 Å². The van der Waals surface area contributed by atoms with E-state index in [1.165, 1.54) is 17.9 Å². The Morgan fingerprint density at radius 2 is 2.20 bits per heavy atom. The summed E-state index contributed by atoms with van der Waals surface area (Å²) in [6.45, 7) is 2.70. The molecule has 2 aliphatic rings. The van der Waals surface area contributed by atoms with E-state index >= 15 is 0 Å². The first-order valence-electron chi connectivity index (χ1n) is 5.84. The molecule has 1 unspecified atom stereocenters. The van der Waals surface area contributed by atoms with Crippen LogP contribution < -0.4 is 5.73 Å². The van der Waals surface area contributed by atoms with Crippen molar-refractivity contribution in [1.29, 1.82) is 0 Å². The molecule has 0 saturated carbocycles. The molecule has 88 valence electrons. The fourth-order valence-corrected chi connectivity index (χ4v) is 3.73. The lowest BCUT2D eigenvalue weighted by Gasteiger charge is -2.38. The molecule has 3 nitrogen and oxygen atoms in total. The number of likely N-dealkylation sites (N-methyl/N-ethyl adjacent to an activating group) is 1. The second-order valence-corrected chi connectivity index (χ2v) is 6.06. The van der Waals surface area contributed by atoms with Gasteiger partial charge in [0.05, 0.1) is 0 Å². The number of hydrogen-bond acceptors (Lipinski definition) is 4. The van der Waals surface area contributed by atoms with Gasteiger partial charge in [-0.25, -0.2) is 0 Å². The summed E-state index contributed by atoms with van der Waals surface area (Å²) in [5.41, 5.74) is 6.40. The Kier molecular flexibility index (Phi) is 3.93. The summed E-state index contributed by atoms with van der Waals surface area (Å²) in [7, 11) is 2.22. The van der Waals surface area contributed by atoms with Crippen molar-refractivity contribution in [1.82, 2.24) is 4.90 Å². The first-order valence-corrected chi connectivity index (χ1v) is 7.00. The van der Waals surface area contributed by atoms with Crippen LogP contribution in [0.15, 0.2) is 0 Å². The Balaban J connectivity index is 1.83. The average Bonchev–Trinajstić information content (AvgIpc) is 2.70. The van der Waals surface area contributed by atoms with Gasteiger partial charge in [0, 0.05) is 37.1 Å². The second-order valence-electron chi connectivity index (χ2n) is 4.91. The molecule has 2 heterocycles. The van der Waals surface area contributed by atoms with Gasteiger partial charge >= 0.3 is 0 Å². The lowest BCUT2D eigenvalue weighted by Crippen LogP contribution is -2.54. The van der Waals surface area contributed by atoms with Crippen LogP contribution in [0.1, 0.15) is 19.3 Å². The third-order valence-corrected chi connectivity index (χ3v) is 4.73. The van der Waals surface area contributed by atoms with Gasteiger partial charge in [-0.3, -0.25) is 0 Å². The Morgan fingerprint density at radius 3 is 2.80 bits per heavy atom. The van der Waals surface area contributed by atoms with E-state index in [-0.39, 0.29) is 5.54 Å². The molecule has 2 rings (SSSR count). The van der Waals surface area contributed by atoms with Gasteiger partial charge in [-0.1, -0.05) is 0 Å². The highest BCUT2D eigenvalue weighted by Crippen LogP contribution is 2.25. The third-order valence-electron chi connectivity index (χ3n) is 3.58. The molecule has 1 atom stereocenters. The maximum absolute atomic E-state index is 6.40. The molecule has 0 aromatic rings.